The summed E-state index contributed by atoms with van der Waals surface area (Å²) in [4.78, 5) is 6.61. The first-order valence-corrected chi connectivity index (χ1v) is 9.25. The molecular formula is C20H23F3N4O. The third-order valence-electron chi connectivity index (χ3n) is 4.81. The summed E-state index contributed by atoms with van der Waals surface area (Å²) in [7, 11) is 0. The predicted octanol–water partition coefficient (Wildman–Crippen LogP) is 5.35. The molecule has 1 aliphatic heterocycles. The smallest absolute Gasteiger partial charge is 0.406 e. The minimum Gasteiger partial charge on any atom is -0.406 e. The van der Waals surface area contributed by atoms with E-state index in [9.17, 15) is 13.2 Å². The zero-order chi connectivity index (χ0) is 20.3. The Morgan fingerprint density at radius 1 is 1.21 bits per heavy atom. The summed E-state index contributed by atoms with van der Waals surface area (Å²) in [5.74, 6) is 0.899. The molecule has 1 aromatic heterocycles. The lowest BCUT2D eigenvalue weighted by atomic mass is 9.94. The number of nitrogens with one attached hydrogen (secondary N) is 2. The van der Waals surface area contributed by atoms with Crippen LogP contribution in [0.3, 0.4) is 0 Å². The van der Waals surface area contributed by atoms with E-state index in [-0.39, 0.29) is 5.75 Å². The van der Waals surface area contributed by atoms with Gasteiger partial charge in [-0.2, -0.15) is 0 Å². The van der Waals surface area contributed by atoms with Crippen LogP contribution >= 0.6 is 0 Å². The van der Waals surface area contributed by atoms with Crippen molar-refractivity contribution in [2.45, 2.75) is 33.1 Å². The van der Waals surface area contributed by atoms with Gasteiger partial charge < -0.3 is 20.4 Å². The summed E-state index contributed by atoms with van der Waals surface area (Å²) in [5.41, 5.74) is 2.73. The van der Waals surface area contributed by atoms with E-state index in [1.54, 1.807) is 6.20 Å². The maximum atomic E-state index is 12.3. The molecule has 0 unspecified atom stereocenters. The van der Waals surface area contributed by atoms with Gasteiger partial charge in [-0.05, 0) is 49.1 Å². The summed E-state index contributed by atoms with van der Waals surface area (Å²) in [6.45, 7) is 5.99. The van der Waals surface area contributed by atoms with Gasteiger partial charge in [0.05, 0.1) is 11.3 Å². The predicted molar refractivity (Wildman–Crippen MR) is 104 cm³/mol. The van der Waals surface area contributed by atoms with Crippen LogP contribution in [0.25, 0.3) is 0 Å². The Bertz CT molecular complexity index is 830. The average molecular weight is 392 g/mol. The molecule has 1 aromatic carbocycles. The molecule has 0 radical (unpaired) electrons. The molecule has 8 heteroatoms. The number of rotatable bonds is 7. The topological polar surface area (TPSA) is 61.2 Å². The lowest BCUT2D eigenvalue weighted by Gasteiger charge is -2.42. The van der Waals surface area contributed by atoms with E-state index < -0.39 is 6.36 Å². The molecule has 28 heavy (non-hydrogen) atoms. The van der Waals surface area contributed by atoms with Crippen molar-refractivity contribution in [3.05, 3.63) is 42.1 Å². The average Bonchev–Trinajstić information content (AvgIpc) is 2.61. The fourth-order valence-electron chi connectivity index (χ4n) is 3.19. The van der Waals surface area contributed by atoms with Crippen molar-refractivity contribution in [2.75, 3.05) is 23.3 Å². The number of nitrogens with zero attached hydrogens (tertiary/aromatic N) is 2. The molecular weight excluding hydrogens is 369 g/mol. The van der Waals surface area contributed by atoms with Crippen molar-refractivity contribution >= 4 is 22.9 Å². The number of alkyl halides is 3. The first kappa shape index (κ1) is 20.0. The summed E-state index contributed by atoms with van der Waals surface area (Å²) < 4.78 is 40.8. The van der Waals surface area contributed by atoms with Gasteiger partial charge in [0.15, 0.2) is 0 Å². The Hall–Kier alpha value is -2.77. The Kier molecular flexibility index (Phi) is 5.76. The molecule has 3 rings (SSSR count). The van der Waals surface area contributed by atoms with E-state index >= 15 is 0 Å². The minimum atomic E-state index is -4.72. The number of ether oxygens (including phenoxy) is 1. The van der Waals surface area contributed by atoms with Crippen LogP contribution in [0.5, 0.6) is 5.75 Å². The van der Waals surface area contributed by atoms with Gasteiger partial charge in [-0.25, -0.2) is 4.98 Å². The number of benzene rings is 1. The van der Waals surface area contributed by atoms with E-state index in [1.165, 1.54) is 24.3 Å². The highest BCUT2D eigenvalue weighted by atomic mass is 19.4. The van der Waals surface area contributed by atoms with E-state index in [1.807, 2.05) is 13.0 Å². The van der Waals surface area contributed by atoms with Crippen molar-refractivity contribution in [2.24, 2.45) is 5.92 Å². The van der Waals surface area contributed by atoms with Gasteiger partial charge in [-0.3, -0.25) is 0 Å². The van der Waals surface area contributed by atoms with Crippen molar-refractivity contribution in [1.82, 2.24) is 4.98 Å². The first-order chi connectivity index (χ1) is 13.3. The molecule has 0 aliphatic carbocycles. The molecule has 0 spiro atoms. The van der Waals surface area contributed by atoms with Crippen molar-refractivity contribution < 1.29 is 17.9 Å². The highest BCUT2D eigenvalue weighted by molar-refractivity contribution is 6.07. The van der Waals surface area contributed by atoms with Gasteiger partial charge >= 0.3 is 6.36 Å². The van der Waals surface area contributed by atoms with Crippen molar-refractivity contribution in [3.8, 4) is 5.75 Å². The molecule has 0 saturated carbocycles. The number of pyridine rings is 1. The number of hydrogen-bond donors (Lipinski definition) is 2. The second-order valence-corrected chi connectivity index (χ2v) is 6.76. The molecule has 0 bridgehead atoms. The van der Waals surface area contributed by atoms with E-state index in [4.69, 9.17) is 5.41 Å². The van der Waals surface area contributed by atoms with Crippen LogP contribution in [0.2, 0.25) is 0 Å². The first-order valence-electron chi connectivity index (χ1n) is 9.25. The zero-order valence-electron chi connectivity index (χ0n) is 15.8. The lowest BCUT2D eigenvalue weighted by molar-refractivity contribution is -0.274. The SMILES string of the molecule is CCC(=N)c1c(N2CC(CC)C2)ccnc1Nc1ccc(OC(F)(F)F)cc1. The van der Waals surface area contributed by atoms with Gasteiger partial charge in [0.25, 0.3) is 0 Å². The molecule has 0 atom stereocenters. The lowest BCUT2D eigenvalue weighted by Crippen LogP contribution is -2.47. The number of halogens is 3. The summed E-state index contributed by atoms with van der Waals surface area (Å²) in [6, 6.07) is 7.38. The van der Waals surface area contributed by atoms with Gasteiger partial charge in [0.2, 0.25) is 0 Å². The third-order valence-corrected chi connectivity index (χ3v) is 4.81. The third kappa shape index (κ3) is 4.55. The van der Waals surface area contributed by atoms with Crippen LogP contribution in [0, 0.1) is 11.3 Å². The van der Waals surface area contributed by atoms with Crippen molar-refractivity contribution in [1.29, 1.82) is 5.41 Å². The molecule has 1 fully saturated rings. The maximum Gasteiger partial charge on any atom is 0.573 e. The highest BCUT2D eigenvalue weighted by Crippen LogP contribution is 2.34. The summed E-state index contributed by atoms with van der Waals surface area (Å²) in [5, 5.41) is 11.5. The highest BCUT2D eigenvalue weighted by Gasteiger charge is 2.31. The molecule has 2 heterocycles. The van der Waals surface area contributed by atoms with Crippen LogP contribution in [-0.2, 0) is 0 Å². The molecule has 0 amide bonds. The summed E-state index contributed by atoms with van der Waals surface area (Å²) in [6.07, 6.45) is -1.36. The molecule has 2 aromatic rings. The van der Waals surface area contributed by atoms with Crippen LogP contribution in [0.1, 0.15) is 32.3 Å². The maximum absolute atomic E-state index is 12.3. The largest absolute Gasteiger partial charge is 0.573 e. The van der Waals surface area contributed by atoms with Crippen LogP contribution in [0.4, 0.5) is 30.4 Å². The van der Waals surface area contributed by atoms with E-state index in [2.05, 4.69) is 26.9 Å². The minimum absolute atomic E-state index is 0.285. The Labute approximate surface area is 162 Å². The second kappa shape index (κ2) is 8.08. The van der Waals surface area contributed by atoms with E-state index in [0.717, 1.165) is 30.8 Å². The fraction of sp³-hybridized carbons (Fsp3) is 0.400. The Morgan fingerprint density at radius 2 is 1.89 bits per heavy atom. The normalized spacial score (nSPS) is 14.5. The monoisotopic (exact) mass is 392 g/mol. The van der Waals surface area contributed by atoms with Crippen molar-refractivity contribution in [3.63, 3.8) is 0 Å². The quantitative estimate of drug-likeness (QED) is 0.624. The molecule has 2 N–H and O–H groups in total. The zero-order valence-corrected chi connectivity index (χ0v) is 15.8. The van der Waals surface area contributed by atoms with Gasteiger partial charge in [0, 0.05) is 30.7 Å². The standard InChI is InChI=1S/C20H23F3N4O/c1-3-13-11-27(12-13)17-9-10-25-19(18(17)16(24)4-2)26-14-5-7-15(8-6-14)28-20(21,22)23/h5-10,13,24H,3-4,11-12H2,1-2H3,(H,25,26). The number of hydrogen-bond acceptors (Lipinski definition) is 5. The summed E-state index contributed by atoms with van der Waals surface area (Å²) >= 11 is 0. The molecule has 1 aliphatic rings. The Morgan fingerprint density at radius 3 is 2.46 bits per heavy atom. The van der Waals surface area contributed by atoms with E-state index in [0.29, 0.717) is 29.6 Å². The number of aromatic nitrogens is 1. The van der Waals surface area contributed by atoms with Gasteiger partial charge in [-0.15, -0.1) is 13.2 Å². The fourth-order valence-corrected chi connectivity index (χ4v) is 3.19. The molecule has 1 saturated heterocycles. The van der Waals surface area contributed by atoms with Crippen LogP contribution in [0.15, 0.2) is 36.5 Å². The van der Waals surface area contributed by atoms with Crippen LogP contribution < -0.4 is 15.0 Å². The Balaban J connectivity index is 1.84. The van der Waals surface area contributed by atoms with Gasteiger partial charge in [0.1, 0.15) is 11.6 Å². The van der Waals surface area contributed by atoms with Gasteiger partial charge in [-0.1, -0.05) is 13.8 Å². The van der Waals surface area contributed by atoms with Crippen LogP contribution in [-0.4, -0.2) is 30.1 Å². The second-order valence-electron chi connectivity index (χ2n) is 6.76. The molecule has 5 nitrogen and oxygen atoms in total. The number of anilines is 3. The molecule has 150 valence electrons.